The van der Waals surface area contributed by atoms with Gasteiger partial charge in [0.1, 0.15) is 29.5 Å². The number of phenols is 1. The Labute approximate surface area is 321 Å². The number of hydrogen-bond acceptors (Lipinski definition) is 12. The molecule has 4 saturated heterocycles. The molecule has 6 aliphatic heterocycles. The molecule has 1 saturated carbocycles. The van der Waals surface area contributed by atoms with Crippen molar-refractivity contribution in [2.45, 2.75) is 37.5 Å². The highest BCUT2D eigenvalue weighted by atomic mass is 19.1. The number of benzene rings is 2. The average Bonchev–Trinajstić information content (AvgIpc) is 3.49. The van der Waals surface area contributed by atoms with Crippen LogP contribution in [0, 0.1) is 29.5 Å². The van der Waals surface area contributed by atoms with Crippen LogP contribution in [0.1, 0.15) is 40.0 Å². The Morgan fingerprint density at radius 3 is 2.46 bits per heavy atom. The lowest BCUT2D eigenvalue weighted by atomic mass is 9.93. The van der Waals surface area contributed by atoms with Crippen LogP contribution in [0.2, 0.25) is 0 Å². The zero-order valence-electron chi connectivity index (χ0n) is 30.7. The number of hydrogen-bond donors (Lipinski definition) is 3. The average molecular weight is 768 g/mol. The number of piperazine rings is 1. The Morgan fingerprint density at radius 1 is 0.857 bits per heavy atom. The van der Waals surface area contributed by atoms with Crippen molar-refractivity contribution in [3.05, 3.63) is 59.4 Å². The molecule has 16 heteroatoms. The van der Waals surface area contributed by atoms with Crippen LogP contribution in [0.15, 0.2) is 42.5 Å². The third kappa shape index (κ3) is 5.95. The Hall–Kier alpha value is -5.22. The monoisotopic (exact) mass is 767 g/mol. The number of nitrogens with zero attached hydrogens (tertiary/aromatic N) is 7. The van der Waals surface area contributed by atoms with Gasteiger partial charge in [0.25, 0.3) is 11.8 Å². The second-order valence-corrected chi connectivity index (χ2v) is 16.5. The maximum Gasteiger partial charge on any atom is 0.262 e. The minimum Gasteiger partial charge on any atom is -0.507 e. The molecule has 14 nitrogen and oxygen atoms in total. The van der Waals surface area contributed by atoms with Gasteiger partial charge in [0, 0.05) is 83.5 Å². The third-order valence-electron chi connectivity index (χ3n) is 13.3. The highest BCUT2D eigenvalue weighted by Crippen LogP contribution is 2.52. The summed E-state index contributed by atoms with van der Waals surface area (Å²) in [4.78, 5) is 60.7. The van der Waals surface area contributed by atoms with Crippen LogP contribution < -0.4 is 20.4 Å². The topological polar surface area (TPSA) is 155 Å². The number of fused-ring (bicyclic) bond motifs is 5. The van der Waals surface area contributed by atoms with Gasteiger partial charge in [-0.15, -0.1) is 10.2 Å². The zero-order chi connectivity index (χ0) is 38.4. The molecule has 1 aromatic heterocycles. The standard InChI is InChI=1S/C40H43F2N9O5/c41-29-2-1-3-34(52)36(29)31-13-33-37(46-45-31)43-14-23-16-47(10-11-50(23)33)17-26-27-18-48(19-28(26)27)15-21-8-9-49(20-30(21)42)22-4-5-24-25(12-22)40(56)51(39(24)55)32-6-7-35(53)44-38(32)54/h1-5,12-13,21,23,26-28,30,32,52H,6-11,14-20H2,(H,43,46)(H,44,53,54)/t21-,23+,26-,27-,28+,30+,32?/m1/s1. The molecule has 56 heavy (non-hydrogen) atoms. The van der Waals surface area contributed by atoms with Crippen LogP contribution in [0.25, 0.3) is 11.3 Å². The predicted octanol–water partition coefficient (Wildman–Crippen LogP) is 2.35. The van der Waals surface area contributed by atoms with Gasteiger partial charge >= 0.3 is 0 Å². The molecule has 7 aliphatic rings. The van der Waals surface area contributed by atoms with E-state index < -0.39 is 41.7 Å². The summed E-state index contributed by atoms with van der Waals surface area (Å²) in [5.41, 5.74) is 2.34. The van der Waals surface area contributed by atoms with Crippen molar-refractivity contribution in [1.29, 1.82) is 0 Å². The maximum absolute atomic E-state index is 15.8. The number of alkyl halides is 1. The molecule has 1 unspecified atom stereocenters. The Morgan fingerprint density at radius 2 is 1.68 bits per heavy atom. The molecule has 0 bridgehead atoms. The summed E-state index contributed by atoms with van der Waals surface area (Å²) >= 11 is 0. The van der Waals surface area contributed by atoms with Crippen LogP contribution in [-0.4, -0.2) is 137 Å². The van der Waals surface area contributed by atoms with E-state index in [1.807, 2.05) is 11.0 Å². The van der Waals surface area contributed by atoms with E-state index in [-0.39, 0.29) is 53.8 Å². The zero-order valence-corrected chi connectivity index (χ0v) is 30.7. The molecule has 1 aliphatic carbocycles. The first-order valence-corrected chi connectivity index (χ1v) is 19.7. The smallest absolute Gasteiger partial charge is 0.262 e. The summed E-state index contributed by atoms with van der Waals surface area (Å²) in [6, 6.07) is 10.2. The van der Waals surface area contributed by atoms with Crippen molar-refractivity contribution >= 4 is 40.8 Å². The number of phenolic OH excluding ortho intramolecular Hbond substituents is 1. The van der Waals surface area contributed by atoms with Crippen molar-refractivity contribution in [3.63, 3.8) is 0 Å². The molecule has 2 aromatic carbocycles. The lowest BCUT2D eigenvalue weighted by molar-refractivity contribution is -0.136. The van der Waals surface area contributed by atoms with E-state index in [1.54, 1.807) is 18.2 Å². The molecule has 5 fully saturated rings. The van der Waals surface area contributed by atoms with Crippen molar-refractivity contribution < 1.29 is 33.1 Å². The van der Waals surface area contributed by atoms with E-state index >= 15 is 4.39 Å². The first-order valence-electron chi connectivity index (χ1n) is 19.7. The van der Waals surface area contributed by atoms with Crippen molar-refractivity contribution in [3.8, 4) is 17.0 Å². The minimum absolute atomic E-state index is 0.0570. The molecular weight excluding hydrogens is 724 g/mol. The number of anilines is 3. The third-order valence-corrected chi connectivity index (χ3v) is 13.3. The Kier molecular flexibility index (Phi) is 8.47. The number of nitrogens with one attached hydrogen (secondary N) is 2. The lowest BCUT2D eigenvalue weighted by Gasteiger charge is -2.46. The van der Waals surface area contributed by atoms with E-state index in [1.165, 1.54) is 18.2 Å². The molecule has 10 rings (SSSR count). The molecule has 3 aromatic rings. The molecule has 4 amide bonds. The number of halogens is 2. The van der Waals surface area contributed by atoms with Gasteiger partial charge in [0.05, 0.1) is 28.4 Å². The van der Waals surface area contributed by atoms with Gasteiger partial charge < -0.3 is 25.1 Å². The molecule has 7 atom stereocenters. The Balaban J connectivity index is 0.703. The van der Waals surface area contributed by atoms with Gasteiger partial charge in [-0.1, -0.05) is 6.07 Å². The first-order chi connectivity index (χ1) is 27.1. The van der Waals surface area contributed by atoms with Crippen LogP contribution >= 0.6 is 0 Å². The normalized spacial score (nSPS) is 30.1. The highest BCUT2D eigenvalue weighted by Gasteiger charge is 2.56. The molecule has 7 heterocycles. The summed E-state index contributed by atoms with van der Waals surface area (Å²) in [5, 5.41) is 24.5. The fourth-order valence-electron chi connectivity index (χ4n) is 10.2. The van der Waals surface area contributed by atoms with Gasteiger partial charge in [0.15, 0.2) is 5.82 Å². The number of likely N-dealkylation sites (tertiary alicyclic amines) is 1. The quantitative estimate of drug-likeness (QED) is 0.303. The number of rotatable bonds is 7. The number of aromatic nitrogens is 2. The number of carbonyl (C=O) groups excluding carboxylic acids is 4. The fraction of sp³-hybridized carbons (Fsp3) is 0.500. The Bertz CT molecular complexity index is 2120. The van der Waals surface area contributed by atoms with E-state index in [2.05, 4.69) is 35.5 Å². The van der Waals surface area contributed by atoms with E-state index in [9.17, 15) is 28.7 Å². The van der Waals surface area contributed by atoms with Gasteiger partial charge in [-0.25, -0.2) is 8.78 Å². The van der Waals surface area contributed by atoms with Gasteiger partial charge in [-0.05, 0) is 67.0 Å². The number of aromatic hydroxyl groups is 1. The molecule has 0 spiro atoms. The number of amides is 4. The summed E-state index contributed by atoms with van der Waals surface area (Å²) in [6.07, 6.45) is -0.202. The molecule has 3 N–H and O–H groups in total. The maximum atomic E-state index is 15.8. The second kappa shape index (κ2) is 13.5. The number of imide groups is 2. The van der Waals surface area contributed by atoms with E-state index in [0.29, 0.717) is 47.9 Å². The van der Waals surface area contributed by atoms with E-state index in [0.717, 1.165) is 62.9 Å². The largest absolute Gasteiger partial charge is 0.507 e. The van der Waals surface area contributed by atoms with Crippen molar-refractivity contribution in [2.75, 3.05) is 80.6 Å². The summed E-state index contributed by atoms with van der Waals surface area (Å²) < 4.78 is 30.4. The minimum atomic E-state index is -1.04. The number of piperidine rings is 3. The second-order valence-electron chi connectivity index (χ2n) is 16.5. The van der Waals surface area contributed by atoms with Crippen molar-refractivity contribution in [1.82, 2.24) is 30.2 Å². The van der Waals surface area contributed by atoms with Gasteiger partial charge in [-0.3, -0.25) is 34.3 Å². The van der Waals surface area contributed by atoms with Gasteiger partial charge in [-0.2, -0.15) is 0 Å². The van der Waals surface area contributed by atoms with Crippen LogP contribution in [0.5, 0.6) is 5.75 Å². The number of carbonyl (C=O) groups is 4. The van der Waals surface area contributed by atoms with Gasteiger partial charge in [0.2, 0.25) is 11.8 Å². The molecular formula is C40H43F2N9O5. The summed E-state index contributed by atoms with van der Waals surface area (Å²) in [7, 11) is 0. The fourth-order valence-corrected chi connectivity index (χ4v) is 10.2. The van der Waals surface area contributed by atoms with Crippen LogP contribution in [0.4, 0.5) is 26.0 Å². The van der Waals surface area contributed by atoms with E-state index in [4.69, 9.17) is 0 Å². The molecule has 292 valence electrons. The lowest BCUT2D eigenvalue weighted by Crippen LogP contribution is -2.58. The van der Waals surface area contributed by atoms with Crippen molar-refractivity contribution in [2.24, 2.45) is 23.7 Å². The molecule has 0 radical (unpaired) electrons. The predicted molar refractivity (Wildman–Crippen MR) is 200 cm³/mol. The highest BCUT2D eigenvalue weighted by molar-refractivity contribution is 6.23. The summed E-state index contributed by atoms with van der Waals surface area (Å²) in [5.74, 6) is -0.379. The van der Waals surface area contributed by atoms with Crippen LogP contribution in [-0.2, 0) is 9.59 Å². The van der Waals surface area contributed by atoms with Crippen LogP contribution in [0.3, 0.4) is 0 Å². The summed E-state index contributed by atoms with van der Waals surface area (Å²) in [6.45, 7) is 7.99. The SMILES string of the molecule is O=C1CCC(N2C(=O)c3ccc(N4CC[C@H](CN5C[C@@H]6[C@H](C5)[C@H]6CN5CCN6c7cc(-c8c(O)cccc8F)nnc7NC[C@H]6C5)[C@@H](F)C4)cc3C2=O)C(=O)N1. The first kappa shape index (κ1) is 35.2.